The number of nitrogens with zero attached hydrogens (tertiary/aromatic N) is 2. The number of hydrogen-bond donors (Lipinski definition) is 1. The monoisotopic (exact) mass is 303 g/mol. The molecule has 0 bridgehead atoms. The molecule has 1 rings (SSSR count). The second-order valence-corrected chi connectivity index (χ2v) is 4.41. The van der Waals surface area contributed by atoms with E-state index in [2.05, 4.69) is 26.2 Å². The molecular weight excluding hydrogens is 286 g/mol. The van der Waals surface area contributed by atoms with Crippen LogP contribution >= 0.6 is 15.9 Å². The molecule has 1 aromatic rings. The summed E-state index contributed by atoms with van der Waals surface area (Å²) in [5, 5.41) is 3.21. The van der Waals surface area contributed by atoms with Gasteiger partial charge in [0.1, 0.15) is 10.3 Å². The highest BCUT2D eigenvalue weighted by Crippen LogP contribution is 2.00. The van der Waals surface area contributed by atoms with Gasteiger partial charge in [0.25, 0.3) is 5.56 Å². The Balaban J connectivity index is 2.42. The van der Waals surface area contributed by atoms with Crippen LogP contribution in [0.1, 0.15) is 12.7 Å². The predicted molar refractivity (Wildman–Crippen MR) is 70.3 cm³/mol. The van der Waals surface area contributed by atoms with E-state index in [1.165, 1.54) is 6.20 Å². The zero-order valence-electron chi connectivity index (χ0n) is 10.2. The summed E-state index contributed by atoms with van der Waals surface area (Å²) in [6.07, 6.45) is 1.54. The van der Waals surface area contributed by atoms with Gasteiger partial charge in [-0.05, 0) is 29.8 Å². The summed E-state index contributed by atoms with van der Waals surface area (Å²) in [4.78, 5) is 15.9. The summed E-state index contributed by atoms with van der Waals surface area (Å²) < 4.78 is 7.35. The average molecular weight is 304 g/mol. The Hall–Kier alpha value is -0.720. The fraction of sp³-hybridized carbons (Fsp3) is 0.636. The number of rotatable bonds is 7. The highest BCUT2D eigenvalue weighted by atomic mass is 79.9. The van der Waals surface area contributed by atoms with E-state index in [-0.39, 0.29) is 5.56 Å². The molecule has 0 amide bonds. The molecule has 1 N–H and O–H groups in total. The van der Waals surface area contributed by atoms with Crippen molar-refractivity contribution in [1.29, 1.82) is 0 Å². The molecule has 1 heterocycles. The van der Waals surface area contributed by atoms with E-state index in [1.54, 1.807) is 4.57 Å². The van der Waals surface area contributed by atoms with Gasteiger partial charge in [0.2, 0.25) is 0 Å². The first-order valence-corrected chi connectivity index (χ1v) is 6.46. The van der Waals surface area contributed by atoms with Crippen LogP contribution in [0.25, 0.3) is 0 Å². The number of halogens is 1. The molecule has 96 valence electrons. The van der Waals surface area contributed by atoms with Crippen molar-refractivity contribution in [2.75, 3.05) is 26.3 Å². The van der Waals surface area contributed by atoms with Crippen LogP contribution < -0.4 is 10.9 Å². The lowest BCUT2D eigenvalue weighted by Gasteiger charge is -2.10. The Labute approximate surface area is 109 Å². The van der Waals surface area contributed by atoms with Crippen molar-refractivity contribution in [1.82, 2.24) is 14.9 Å². The predicted octanol–water partition coefficient (Wildman–Crippen LogP) is 0.940. The van der Waals surface area contributed by atoms with E-state index in [4.69, 9.17) is 4.74 Å². The van der Waals surface area contributed by atoms with Crippen LogP contribution in [0.4, 0.5) is 0 Å². The fourth-order valence-electron chi connectivity index (χ4n) is 1.42. The average Bonchev–Trinajstić information content (AvgIpc) is 2.32. The van der Waals surface area contributed by atoms with Crippen molar-refractivity contribution >= 4 is 15.9 Å². The maximum Gasteiger partial charge on any atom is 0.267 e. The molecule has 0 unspecified atom stereocenters. The minimum Gasteiger partial charge on any atom is -0.380 e. The van der Waals surface area contributed by atoms with E-state index >= 15 is 0 Å². The van der Waals surface area contributed by atoms with Crippen molar-refractivity contribution < 1.29 is 4.74 Å². The van der Waals surface area contributed by atoms with Gasteiger partial charge >= 0.3 is 0 Å². The zero-order valence-corrected chi connectivity index (χ0v) is 11.8. The molecule has 0 radical (unpaired) electrons. The zero-order chi connectivity index (χ0) is 12.7. The third-order valence-corrected chi connectivity index (χ3v) is 2.89. The summed E-state index contributed by atoms with van der Waals surface area (Å²) in [7, 11) is 0. The molecule has 17 heavy (non-hydrogen) atoms. The van der Waals surface area contributed by atoms with Gasteiger partial charge in [0, 0.05) is 32.4 Å². The van der Waals surface area contributed by atoms with Gasteiger partial charge in [0.05, 0.1) is 6.61 Å². The number of ether oxygens (including phenoxy) is 1. The third kappa shape index (κ3) is 4.57. The molecule has 0 aromatic carbocycles. The van der Waals surface area contributed by atoms with Gasteiger partial charge < -0.3 is 10.1 Å². The van der Waals surface area contributed by atoms with Gasteiger partial charge in [-0.15, -0.1) is 0 Å². The van der Waals surface area contributed by atoms with Crippen LogP contribution in [0.2, 0.25) is 0 Å². The van der Waals surface area contributed by atoms with Crippen LogP contribution in [0, 0.1) is 6.92 Å². The smallest absolute Gasteiger partial charge is 0.267 e. The Morgan fingerprint density at radius 1 is 1.53 bits per heavy atom. The van der Waals surface area contributed by atoms with Crippen LogP contribution in [0.15, 0.2) is 15.5 Å². The van der Waals surface area contributed by atoms with E-state index in [0.29, 0.717) is 17.6 Å². The van der Waals surface area contributed by atoms with E-state index in [9.17, 15) is 4.79 Å². The molecule has 0 saturated carbocycles. The number of aryl methyl sites for hydroxylation is 1. The largest absolute Gasteiger partial charge is 0.380 e. The molecule has 0 fully saturated rings. The molecule has 5 nitrogen and oxygen atoms in total. The van der Waals surface area contributed by atoms with Crippen molar-refractivity contribution in [2.45, 2.75) is 20.4 Å². The summed E-state index contributed by atoms with van der Waals surface area (Å²) in [5.41, 5.74) is -0.0379. The van der Waals surface area contributed by atoms with Gasteiger partial charge in [-0.2, -0.15) is 0 Å². The molecule has 0 saturated heterocycles. The SMILES string of the molecule is CCOCCNCCn1c(C)ncc(Br)c1=O. The molecule has 1 aromatic heterocycles. The first kappa shape index (κ1) is 14.3. The summed E-state index contributed by atoms with van der Waals surface area (Å²) >= 11 is 3.19. The summed E-state index contributed by atoms with van der Waals surface area (Å²) in [6, 6.07) is 0. The van der Waals surface area contributed by atoms with E-state index in [1.807, 2.05) is 13.8 Å². The van der Waals surface area contributed by atoms with Crippen molar-refractivity contribution in [3.05, 3.63) is 26.8 Å². The molecule has 6 heteroatoms. The van der Waals surface area contributed by atoms with Crippen LogP contribution in [-0.4, -0.2) is 35.9 Å². The van der Waals surface area contributed by atoms with Gasteiger partial charge in [-0.3, -0.25) is 9.36 Å². The Bertz CT molecular complexity index is 406. The first-order chi connectivity index (χ1) is 8.16. The number of nitrogens with one attached hydrogen (secondary N) is 1. The summed E-state index contributed by atoms with van der Waals surface area (Å²) in [5.74, 6) is 0.727. The molecule has 0 atom stereocenters. The Morgan fingerprint density at radius 3 is 3.00 bits per heavy atom. The van der Waals surface area contributed by atoms with Crippen LogP contribution in [-0.2, 0) is 11.3 Å². The van der Waals surface area contributed by atoms with E-state index in [0.717, 1.165) is 25.5 Å². The Kier molecular flexibility index (Phi) is 6.39. The quantitative estimate of drug-likeness (QED) is 0.762. The minimum atomic E-state index is -0.0379. The fourth-order valence-corrected chi connectivity index (χ4v) is 1.74. The molecule has 0 aliphatic heterocycles. The van der Waals surface area contributed by atoms with Gasteiger partial charge in [0.15, 0.2) is 0 Å². The molecule has 0 aliphatic rings. The van der Waals surface area contributed by atoms with Gasteiger partial charge in [-0.1, -0.05) is 0 Å². The molecular formula is C11H18BrN3O2. The minimum absolute atomic E-state index is 0.0379. The highest BCUT2D eigenvalue weighted by Gasteiger charge is 2.04. The van der Waals surface area contributed by atoms with Crippen molar-refractivity contribution in [2.24, 2.45) is 0 Å². The molecule has 0 aliphatic carbocycles. The molecule has 0 spiro atoms. The van der Waals surface area contributed by atoms with Crippen molar-refractivity contribution in [3.8, 4) is 0 Å². The Morgan fingerprint density at radius 2 is 2.29 bits per heavy atom. The normalized spacial score (nSPS) is 10.8. The lowest BCUT2D eigenvalue weighted by molar-refractivity contribution is 0.149. The van der Waals surface area contributed by atoms with Gasteiger partial charge in [-0.25, -0.2) is 4.98 Å². The lowest BCUT2D eigenvalue weighted by atomic mass is 10.5. The second kappa shape index (κ2) is 7.58. The second-order valence-electron chi connectivity index (χ2n) is 3.56. The highest BCUT2D eigenvalue weighted by molar-refractivity contribution is 9.10. The first-order valence-electron chi connectivity index (χ1n) is 5.67. The maximum absolute atomic E-state index is 11.8. The van der Waals surface area contributed by atoms with E-state index < -0.39 is 0 Å². The third-order valence-electron chi connectivity index (χ3n) is 2.34. The summed E-state index contributed by atoms with van der Waals surface area (Å²) in [6.45, 7) is 7.36. The number of hydrogen-bond acceptors (Lipinski definition) is 4. The van der Waals surface area contributed by atoms with Crippen LogP contribution in [0.5, 0.6) is 0 Å². The lowest BCUT2D eigenvalue weighted by Crippen LogP contribution is -2.30. The topological polar surface area (TPSA) is 56.1 Å². The van der Waals surface area contributed by atoms with Crippen molar-refractivity contribution in [3.63, 3.8) is 0 Å². The van der Waals surface area contributed by atoms with Crippen LogP contribution in [0.3, 0.4) is 0 Å². The standard InChI is InChI=1S/C11H18BrN3O2/c1-3-17-7-5-13-4-6-15-9(2)14-8-10(12)11(15)16/h8,13H,3-7H2,1-2H3. The number of aromatic nitrogens is 2. The maximum atomic E-state index is 11.8.